The predicted molar refractivity (Wildman–Crippen MR) is 68.7 cm³/mol. The number of hydrogen-bond acceptors (Lipinski definition) is 4. The maximum absolute atomic E-state index is 12.1. The number of methoxy groups -OCH3 is 1. The van der Waals surface area contributed by atoms with Crippen molar-refractivity contribution in [2.24, 2.45) is 17.1 Å². The van der Waals surface area contributed by atoms with Crippen molar-refractivity contribution in [3.8, 4) is 0 Å². The monoisotopic (exact) mass is 245 g/mol. The van der Waals surface area contributed by atoms with Crippen molar-refractivity contribution >= 4 is 5.97 Å². The number of rotatable bonds is 9. The zero-order valence-corrected chi connectivity index (χ0v) is 11.6. The summed E-state index contributed by atoms with van der Waals surface area (Å²) < 4.78 is 10.2. The topological polar surface area (TPSA) is 61.5 Å². The highest BCUT2D eigenvalue weighted by atomic mass is 16.5. The third-order valence-corrected chi connectivity index (χ3v) is 2.90. The number of hydrogen-bond donors (Lipinski definition) is 1. The van der Waals surface area contributed by atoms with Crippen LogP contribution in [0.1, 0.15) is 40.0 Å². The Kier molecular flexibility index (Phi) is 8.17. The number of carbonyl (C=O) groups excluding carboxylic acids is 1. The van der Waals surface area contributed by atoms with E-state index in [1.54, 1.807) is 7.11 Å². The van der Waals surface area contributed by atoms with E-state index in [1.165, 1.54) is 0 Å². The Hall–Kier alpha value is -0.610. The number of esters is 1. The zero-order chi connectivity index (χ0) is 13.3. The van der Waals surface area contributed by atoms with Crippen LogP contribution in [-0.4, -0.2) is 32.8 Å². The fraction of sp³-hybridized carbons (Fsp3) is 0.923. The molecule has 1 atom stereocenters. The smallest absolute Gasteiger partial charge is 0.313 e. The first kappa shape index (κ1) is 16.4. The summed E-state index contributed by atoms with van der Waals surface area (Å²) in [4.78, 5) is 12.1. The first-order valence-electron chi connectivity index (χ1n) is 6.38. The van der Waals surface area contributed by atoms with E-state index in [4.69, 9.17) is 15.2 Å². The molecule has 0 aromatic carbocycles. The Bertz CT molecular complexity index is 219. The molecule has 0 aromatic heterocycles. The van der Waals surface area contributed by atoms with E-state index in [9.17, 15) is 4.79 Å². The fourth-order valence-electron chi connectivity index (χ4n) is 2.18. The maximum Gasteiger partial charge on any atom is 0.313 e. The lowest BCUT2D eigenvalue weighted by Crippen LogP contribution is -2.41. The van der Waals surface area contributed by atoms with Crippen LogP contribution >= 0.6 is 0 Å². The number of nitrogens with two attached hydrogens (primary N) is 1. The van der Waals surface area contributed by atoms with Gasteiger partial charge in [0.05, 0.1) is 12.0 Å². The molecule has 0 bridgehead atoms. The van der Waals surface area contributed by atoms with E-state index in [0.717, 1.165) is 19.3 Å². The quantitative estimate of drug-likeness (QED) is 0.498. The molecule has 17 heavy (non-hydrogen) atoms. The summed E-state index contributed by atoms with van der Waals surface area (Å²) in [6.07, 6.45) is 2.33. The molecular formula is C13H27NO3. The zero-order valence-electron chi connectivity index (χ0n) is 11.6. The highest BCUT2D eigenvalue weighted by Crippen LogP contribution is 2.32. The van der Waals surface area contributed by atoms with Crippen molar-refractivity contribution in [1.82, 2.24) is 0 Å². The van der Waals surface area contributed by atoms with Crippen molar-refractivity contribution < 1.29 is 14.3 Å². The summed E-state index contributed by atoms with van der Waals surface area (Å²) in [6.45, 7) is 7.42. The molecule has 0 saturated carbocycles. The molecule has 0 heterocycles. The Morgan fingerprint density at radius 1 is 1.41 bits per heavy atom. The largest absolute Gasteiger partial charge is 0.466 e. The van der Waals surface area contributed by atoms with Crippen LogP contribution < -0.4 is 5.73 Å². The highest BCUT2D eigenvalue weighted by molar-refractivity contribution is 5.77. The van der Waals surface area contributed by atoms with Crippen molar-refractivity contribution in [2.75, 3.05) is 26.9 Å². The second kappa shape index (κ2) is 8.48. The second-order valence-corrected chi connectivity index (χ2v) is 4.90. The first-order valence-corrected chi connectivity index (χ1v) is 6.38. The minimum Gasteiger partial charge on any atom is -0.466 e. The molecule has 0 rings (SSSR count). The van der Waals surface area contributed by atoms with Crippen LogP contribution in [-0.2, 0) is 14.3 Å². The van der Waals surface area contributed by atoms with E-state index >= 15 is 0 Å². The molecule has 2 N–H and O–H groups in total. The van der Waals surface area contributed by atoms with E-state index in [1.807, 2.05) is 6.92 Å². The van der Waals surface area contributed by atoms with Crippen LogP contribution in [0.3, 0.4) is 0 Å². The van der Waals surface area contributed by atoms with Crippen LogP contribution in [0.25, 0.3) is 0 Å². The van der Waals surface area contributed by atoms with Crippen LogP contribution in [0.4, 0.5) is 0 Å². The molecule has 0 aromatic rings. The molecule has 102 valence electrons. The van der Waals surface area contributed by atoms with Crippen LogP contribution in [0.2, 0.25) is 0 Å². The van der Waals surface area contributed by atoms with Gasteiger partial charge in [-0.05, 0) is 32.1 Å². The third-order valence-electron chi connectivity index (χ3n) is 2.90. The average molecular weight is 245 g/mol. The molecule has 4 nitrogen and oxygen atoms in total. The predicted octanol–water partition coefficient (Wildman–Crippen LogP) is 1.97. The van der Waals surface area contributed by atoms with E-state index in [-0.39, 0.29) is 5.97 Å². The average Bonchev–Trinajstić information content (AvgIpc) is 2.27. The van der Waals surface area contributed by atoms with Crippen molar-refractivity contribution in [3.05, 3.63) is 0 Å². The molecule has 0 aliphatic rings. The van der Waals surface area contributed by atoms with Crippen LogP contribution in [0, 0.1) is 11.3 Å². The standard InChI is InChI=1S/C13H27NO3/c1-5-17-12(15)13(10-14,9-11(2)3)7-6-8-16-4/h11H,5-10,14H2,1-4H3. The van der Waals surface area contributed by atoms with E-state index in [2.05, 4.69) is 13.8 Å². The van der Waals surface area contributed by atoms with E-state index < -0.39 is 5.41 Å². The summed E-state index contributed by atoms with van der Waals surface area (Å²) in [6, 6.07) is 0. The minimum absolute atomic E-state index is 0.160. The van der Waals surface area contributed by atoms with Gasteiger partial charge in [-0.2, -0.15) is 0 Å². The van der Waals surface area contributed by atoms with Gasteiger partial charge in [0.25, 0.3) is 0 Å². The van der Waals surface area contributed by atoms with Gasteiger partial charge in [0.2, 0.25) is 0 Å². The first-order chi connectivity index (χ1) is 8.02. The van der Waals surface area contributed by atoms with Crippen molar-refractivity contribution in [2.45, 2.75) is 40.0 Å². The Balaban J connectivity index is 4.67. The van der Waals surface area contributed by atoms with E-state index in [0.29, 0.717) is 25.7 Å². The molecule has 0 fully saturated rings. The second-order valence-electron chi connectivity index (χ2n) is 4.90. The lowest BCUT2D eigenvalue weighted by atomic mass is 9.76. The highest BCUT2D eigenvalue weighted by Gasteiger charge is 2.38. The van der Waals surface area contributed by atoms with Gasteiger partial charge in [0, 0.05) is 20.3 Å². The van der Waals surface area contributed by atoms with Gasteiger partial charge < -0.3 is 15.2 Å². The van der Waals surface area contributed by atoms with Gasteiger partial charge in [0.15, 0.2) is 0 Å². The number of carbonyl (C=O) groups is 1. The molecule has 0 saturated heterocycles. The van der Waals surface area contributed by atoms with Crippen LogP contribution in [0.15, 0.2) is 0 Å². The van der Waals surface area contributed by atoms with Crippen molar-refractivity contribution in [3.63, 3.8) is 0 Å². The summed E-state index contributed by atoms with van der Waals surface area (Å²) in [5.41, 5.74) is 5.29. The normalized spacial score (nSPS) is 14.7. The SMILES string of the molecule is CCOC(=O)C(CN)(CCCOC)CC(C)C. The van der Waals surface area contributed by atoms with Crippen LogP contribution in [0.5, 0.6) is 0 Å². The Morgan fingerprint density at radius 3 is 2.47 bits per heavy atom. The summed E-state index contributed by atoms with van der Waals surface area (Å²) in [7, 11) is 1.66. The van der Waals surface area contributed by atoms with Gasteiger partial charge in [0.1, 0.15) is 0 Å². The fourth-order valence-corrected chi connectivity index (χ4v) is 2.18. The Morgan fingerprint density at radius 2 is 2.06 bits per heavy atom. The molecule has 0 amide bonds. The number of ether oxygens (including phenoxy) is 2. The molecule has 1 unspecified atom stereocenters. The lowest BCUT2D eigenvalue weighted by Gasteiger charge is -2.31. The van der Waals surface area contributed by atoms with Gasteiger partial charge in [-0.1, -0.05) is 13.8 Å². The minimum atomic E-state index is -0.539. The van der Waals surface area contributed by atoms with Gasteiger partial charge >= 0.3 is 5.97 Å². The Labute approximate surface area is 105 Å². The van der Waals surface area contributed by atoms with Crippen molar-refractivity contribution in [1.29, 1.82) is 0 Å². The van der Waals surface area contributed by atoms with Gasteiger partial charge in [-0.25, -0.2) is 0 Å². The van der Waals surface area contributed by atoms with Gasteiger partial charge in [-0.3, -0.25) is 4.79 Å². The summed E-state index contributed by atoms with van der Waals surface area (Å²) >= 11 is 0. The lowest BCUT2D eigenvalue weighted by molar-refractivity contribution is -0.156. The molecule has 0 aliphatic carbocycles. The molecular weight excluding hydrogens is 218 g/mol. The summed E-state index contributed by atoms with van der Waals surface area (Å²) in [5.74, 6) is 0.262. The molecule has 0 aliphatic heterocycles. The van der Waals surface area contributed by atoms with Gasteiger partial charge in [-0.15, -0.1) is 0 Å². The molecule has 0 spiro atoms. The summed E-state index contributed by atoms with van der Waals surface area (Å²) in [5, 5.41) is 0. The molecule has 4 heteroatoms. The maximum atomic E-state index is 12.1. The molecule has 0 radical (unpaired) electrons. The third kappa shape index (κ3) is 5.50.